The predicted molar refractivity (Wildman–Crippen MR) is 49.0 cm³/mol. The SMILES string of the molecule is CC(=C(F)F)[C@@H]1O[C@H]1c1ccccc1. The Balaban J connectivity index is 2.11. The minimum Gasteiger partial charge on any atom is -0.360 e. The maximum absolute atomic E-state index is 12.2. The van der Waals surface area contributed by atoms with Crippen molar-refractivity contribution >= 4 is 0 Å². The summed E-state index contributed by atoms with van der Waals surface area (Å²) in [6.07, 6.45) is -2.24. The molecule has 0 bridgehead atoms. The fourth-order valence-electron chi connectivity index (χ4n) is 1.45. The molecule has 1 aromatic carbocycles. The van der Waals surface area contributed by atoms with Crippen LogP contribution in [0.4, 0.5) is 8.78 Å². The molecule has 1 aliphatic heterocycles. The van der Waals surface area contributed by atoms with Crippen LogP contribution in [0.25, 0.3) is 0 Å². The molecule has 0 radical (unpaired) electrons. The third-order valence-electron chi connectivity index (χ3n) is 2.34. The van der Waals surface area contributed by atoms with Gasteiger partial charge in [0.25, 0.3) is 6.08 Å². The zero-order valence-electron chi connectivity index (χ0n) is 7.71. The van der Waals surface area contributed by atoms with E-state index in [1.165, 1.54) is 6.92 Å². The van der Waals surface area contributed by atoms with Gasteiger partial charge in [0.2, 0.25) is 0 Å². The monoisotopic (exact) mass is 196 g/mol. The number of ether oxygens (including phenoxy) is 1. The molecule has 0 spiro atoms. The lowest BCUT2D eigenvalue weighted by Gasteiger charge is -1.94. The van der Waals surface area contributed by atoms with Crippen molar-refractivity contribution in [3.63, 3.8) is 0 Å². The van der Waals surface area contributed by atoms with E-state index in [9.17, 15) is 8.78 Å². The average molecular weight is 196 g/mol. The van der Waals surface area contributed by atoms with Gasteiger partial charge in [-0.05, 0) is 12.5 Å². The zero-order chi connectivity index (χ0) is 10.1. The molecule has 0 amide bonds. The molecule has 1 saturated heterocycles. The summed E-state index contributed by atoms with van der Waals surface area (Å²) in [6, 6.07) is 9.40. The van der Waals surface area contributed by atoms with Gasteiger partial charge in [-0.3, -0.25) is 0 Å². The van der Waals surface area contributed by atoms with E-state index in [0.717, 1.165) is 5.56 Å². The Hall–Kier alpha value is -1.22. The van der Waals surface area contributed by atoms with Crippen LogP contribution in [0.3, 0.4) is 0 Å². The smallest absolute Gasteiger partial charge is 0.271 e. The summed E-state index contributed by atoms with van der Waals surface area (Å²) < 4.78 is 29.6. The van der Waals surface area contributed by atoms with Crippen LogP contribution in [0.5, 0.6) is 0 Å². The molecular weight excluding hydrogens is 186 g/mol. The first-order chi connectivity index (χ1) is 6.70. The van der Waals surface area contributed by atoms with Crippen LogP contribution in [-0.4, -0.2) is 6.10 Å². The molecule has 0 unspecified atom stereocenters. The molecule has 0 saturated carbocycles. The number of rotatable bonds is 2. The van der Waals surface area contributed by atoms with Gasteiger partial charge < -0.3 is 4.74 Å². The van der Waals surface area contributed by atoms with Crippen molar-refractivity contribution in [2.75, 3.05) is 0 Å². The largest absolute Gasteiger partial charge is 0.360 e. The molecule has 74 valence electrons. The van der Waals surface area contributed by atoms with Crippen molar-refractivity contribution in [1.82, 2.24) is 0 Å². The van der Waals surface area contributed by atoms with Crippen LogP contribution in [0.15, 0.2) is 42.0 Å². The maximum Gasteiger partial charge on any atom is 0.271 e. The van der Waals surface area contributed by atoms with E-state index >= 15 is 0 Å². The quantitative estimate of drug-likeness (QED) is 0.661. The average Bonchev–Trinajstić information content (AvgIpc) is 2.97. The summed E-state index contributed by atoms with van der Waals surface area (Å²) in [5.74, 6) is 0. The topological polar surface area (TPSA) is 12.5 Å². The highest BCUT2D eigenvalue weighted by Crippen LogP contribution is 2.43. The lowest BCUT2D eigenvalue weighted by molar-refractivity contribution is 0.367. The van der Waals surface area contributed by atoms with Crippen molar-refractivity contribution < 1.29 is 13.5 Å². The highest BCUT2D eigenvalue weighted by molar-refractivity contribution is 5.28. The number of hydrogen-bond acceptors (Lipinski definition) is 1. The molecule has 0 N–H and O–H groups in total. The van der Waals surface area contributed by atoms with Gasteiger partial charge in [-0.1, -0.05) is 30.3 Å². The second-order valence-corrected chi connectivity index (χ2v) is 3.33. The van der Waals surface area contributed by atoms with Gasteiger partial charge in [-0.15, -0.1) is 0 Å². The first-order valence-electron chi connectivity index (χ1n) is 4.42. The molecule has 1 fully saturated rings. The Morgan fingerprint density at radius 2 is 1.86 bits per heavy atom. The predicted octanol–water partition coefficient (Wildman–Crippen LogP) is 3.30. The zero-order valence-corrected chi connectivity index (χ0v) is 7.71. The Morgan fingerprint density at radius 1 is 1.21 bits per heavy atom. The maximum atomic E-state index is 12.2. The van der Waals surface area contributed by atoms with Crippen molar-refractivity contribution in [2.45, 2.75) is 19.1 Å². The van der Waals surface area contributed by atoms with E-state index in [1.807, 2.05) is 30.3 Å². The summed E-state index contributed by atoms with van der Waals surface area (Å²) in [4.78, 5) is 0. The van der Waals surface area contributed by atoms with Gasteiger partial charge in [0, 0.05) is 5.57 Å². The third kappa shape index (κ3) is 1.68. The second kappa shape index (κ2) is 3.50. The van der Waals surface area contributed by atoms with Crippen molar-refractivity contribution in [2.24, 2.45) is 0 Å². The van der Waals surface area contributed by atoms with Crippen molar-refractivity contribution in [3.05, 3.63) is 47.5 Å². The summed E-state index contributed by atoms with van der Waals surface area (Å²) in [5, 5.41) is 0. The Labute approximate surface area is 81.0 Å². The summed E-state index contributed by atoms with van der Waals surface area (Å²) >= 11 is 0. The summed E-state index contributed by atoms with van der Waals surface area (Å²) in [6.45, 7) is 1.41. The number of benzene rings is 1. The lowest BCUT2D eigenvalue weighted by atomic mass is 10.1. The van der Waals surface area contributed by atoms with Gasteiger partial charge in [-0.25, -0.2) is 0 Å². The summed E-state index contributed by atoms with van der Waals surface area (Å²) in [7, 11) is 0. The highest BCUT2D eigenvalue weighted by Gasteiger charge is 2.42. The minimum absolute atomic E-state index is 0.0406. The first kappa shape index (κ1) is 9.34. The molecule has 2 rings (SSSR count). The van der Waals surface area contributed by atoms with E-state index < -0.39 is 12.2 Å². The van der Waals surface area contributed by atoms with Gasteiger partial charge >= 0.3 is 0 Å². The van der Waals surface area contributed by atoms with E-state index in [-0.39, 0.29) is 11.7 Å². The second-order valence-electron chi connectivity index (χ2n) is 3.33. The number of epoxide rings is 1. The van der Waals surface area contributed by atoms with Crippen LogP contribution >= 0.6 is 0 Å². The lowest BCUT2D eigenvalue weighted by Crippen LogP contribution is -1.91. The van der Waals surface area contributed by atoms with Crippen LogP contribution in [0, 0.1) is 0 Å². The van der Waals surface area contributed by atoms with Crippen LogP contribution < -0.4 is 0 Å². The van der Waals surface area contributed by atoms with Gasteiger partial charge in [0.05, 0.1) is 0 Å². The summed E-state index contributed by atoms with van der Waals surface area (Å²) in [5.41, 5.74) is 0.997. The normalized spacial score (nSPS) is 24.5. The van der Waals surface area contributed by atoms with Crippen LogP contribution in [-0.2, 0) is 4.74 Å². The Bertz CT molecular complexity index is 355. The molecule has 14 heavy (non-hydrogen) atoms. The van der Waals surface area contributed by atoms with Gasteiger partial charge in [-0.2, -0.15) is 8.78 Å². The van der Waals surface area contributed by atoms with Crippen LogP contribution in [0.1, 0.15) is 18.6 Å². The molecule has 1 aromatic rings. The molecule has 1 nitrogen and oxygen atoms in total. The molecule has 3 heteroatoms. The molecule has 1 aliphatic rings. The third-order valence-corrected chi connectivity index (χ3v) is 2.34. The Kier molecular flexibility index (Phi) is 2.33. The van der Waals surface area contributed by atoms with Crippen LogP contribution in [0.2, 0.25) is 0 Å². The fourth-order valence-corrected chi connectivity index (χ4v) is 1.45. The van der Waals surface area contributed by atoms with E-state index in [4.69, 9.17) is 4.74 Å². The van der Waals surface area contributed by atoms with Gasteiger partial charge in [0.15, 0.2) is 0 Å². The van der Waals surface area contributed by atoms with Gasteiger partial charge in [0.1, 0.15) is 12.2 Å². The number of halogens is 2. The highest BCUT2D eigenvalue weighted by atomic mass is 19.3. The fraction of sp³-hybridized carbons (Fsp3) is 0.273. The van der Waals surface area contributed by atoms with Crippen molar-refractivity contribution in [1.29, 1.82) is 0 Å². The van der Waals surface area contributed by atoms with E-state index in [0.29, 0.717) is 0 Å². The minimum atomic E-state index is -1.63. The molecular formula is C11H10F2O. The first-order valence-corrected chi connectivity index (χ1v) is 4.42. The molecule has 0 aromatic heterocycles. The van der Waals surface area contributed by atoms with Crippen molar-refractivity contribution in [3.8, 4) is 0 Å². The molecule has 2 atom stereocenters. The molecule has 0 aliphatic carbocycles. The van der Waals surface area contributed by atoms with E-state index in [2.05, 4.69) is 0 Å². The Morgan fingerprint density at radius 3 is 2.43 bits per heavy atom. The van der Waals surface area contributed by atoms with E-state index in [1.54, 1.807) is 0 Å². The standard InChI is InChI=1S/C11H10F2O/c1-7(11(12)13)9-10(14-9)8-5-3-2-4-6-8/h2-6,9-10H,1H3/t9-,10-/m0/s1. The molecule has 1 heterocycles. The number of hydrogen-bond donors (Lipinski definition) is 0.